The van der Waals surface area contributed by atoms with Crippen molar-refractivity contribution < 1.29 is 9.90 Å². The number of halogens is 1. The number of primary amides is 1. The number of nitrogens with two attached hydrogens (primary N) is 1. The summed E-state index contributed by atoms with van der Waals surface area (Å²) in [6, 6.07) is 0. The van der Waals surface area contributed by atoms with E-state index < -0.39 is 5.60 Å². The lowest BCUT2D eigenvalue weighted by Crippen LogP contribution is -2.48. The monoisotopic (exact) mass is 452 g/mol. The van der Waals surface area contributed by atoms with Gasteiger partial charge in [-0.25, -0.2) is 0 Å². The lowest BCUT2D eigenvalue weighted by Gasteiger charge is -2.36. The highest BCUT2D eigenvalue weighted by Crippen LogP contribution is 2.28. The van der Waals surface area contributed by atoms with Crippen LogP contribution in [0.2, 0.25) is 0 Å². The largest absolute Gasteiger partial charge is 0.388 e. The first kappa shape index (κ1) is 21.5. The van der Waals surface area contributed by atoms with E-state index in [1.54, 1.807) is 0 Å². The Hall–Kier alpha value is -0.570. The van der Waals surface area contributed by atoms with Gasteiger partial charge in [-0.15, -0.1) is 24.0 Å². The fourth-order valence-electron chi connectivity index (χ4n) is 3.72. The van der Waals surface area contributed by atoms with E-state index in [2.05, 4.69) is 17.1 Å². The molecule has 0 aromatic rings. The molecule has 0 aromatic heterocycles. The van der Waals surface area contributed by atoms with Crippen LogP contribution in [0.3, 0.4) is 0 Å². The van der Waals surface area contributed by atoms with Gasteiger partial charge in [0.1, 0.15) is 0 Å². The van der Waals surface area contributed by atoms with Crippen molar-refractivity contribution in [3.63, 3.8) is 0 Å². The molecule has 1 saturated carbocycles. The predicted octanol–water partition coefficient (Wildman–Crippen LogP) is 1.85. The summed E-state index contributed by atoms with van der Waals surface area (Å²) in [5.41, 5.74) is 4.70. The Balaban J connectivity index is 0.00000288. The molecule has 0 aromatic carbocycles. The van der Waals surface area contributed by atoms with E-state index in [1.807, 2.05) is 0 Å². The summed E-state index contributed by atoms with van der Waals surface area (Å²) in [6.07, 6.45) is 7.63. The van der Waals surface area contributed by atoms with E-state index in [4.69, 9.17) is 10.7 Å². The lowest BCUT2D eigenvalue weighted by atomic mass is 9.85. The molecule has 1 amide bonds. The van der Waals surface area contributed by atoms with Crippen molar-refractivity contribution in [2.24, 2.45) is 16.6 Å². The third-order valence-electron chi connectivity index (χ3n) is 4.95. The predicted molar refractivity (Wildman–Crippen MR) is 108 cm³/mol. The van der Waals surface area contributed by atoms with E-state index in [9.17, 15) is 9.90 Å². The van der Waals surface area contributed by atoms with Crippen molar-refractivity contribution >= 4 is 35.8 Å². The molecule has 1 atom stereocenters. The summed E-state index contributed by atoms with van der Waals surface area (Å²) in [4.78, 5) is 18.1. The molecule has 1 saturated heterocycles. The molecule has 1 aliphatic carbocycles. The zero-order valence-electron chi connectivity index (χ0n) is 14.8. The maximum Gasteiger partial charge on any atom is 0.217 e. The maximum atomic E-state index is 11.2. The van der Waals surface area contributed by atoms with Crippen LogP contribution in [-0.2, 0) is 4.79 Å². The van der Waals surface area contributed by atoms with Crippen LogP contribution >= 0.6 is 24.0 Å². The van der Waals surface area contributed by atoms with Crippen molar-refractivity contribution in [1.82, 2.24) is 10.2 Å². The highest BCUT2D eigenvalue weighted by Gasteiger charge is 2.30. The molecule has 6 nitrogen and oxygen atoms in total. The Morgan fingerprint density at radius 2 is 2.04 bits per heavy atom. The number of guanidine groups is 1. The Labute approximate surface area is 162 Å². The summed E-state index contributed by atoms with van der Waals surface area (Å²) in [5, 5.41) is 14.0. The molecular weight excluding hydrogens is 419 g/mol. The number of hydrogen-bond donors (Lipinski definition) is 3. The summed E-state index contributed by atoms with van der Waals surface area (Å²) in [7, 11) is 0. The first-order valence-electron chi connectivity index (χ1n) is 9.06. The van der Waals surface area contributed by atoms with Crippen LogP contribution in [0.15, 0.2) is 4.99 Å². The third-order valence-corrected chi connectivity index (χ3v) is 4.95. The first-order valence-corrected chi connectivity index (χ1v) is 9.06. The van der Waals surface area contributed by atoms with E-state index in [0.29, 0.717) is 18.9 Å². The number of amides is 1. The highest BCUT2D eigenvalue weighted by molar-refractivity contribution is 14.0. The van der Waals surface area contributed by atoms with Crippen LogP contribution in [0.5, 0.6) is 0 Å². The van der Waals surface area contributed by atoms with Gasteiger partial charge in [-0.3, -0.25) is 9.79 Å². The molecule has 4 N–H and O–H groups in total. The van der Waals surface area contributed by atoms with E-state index >= 15 is 0 Å². The lowest BCUT2D eigenvalue weighted by molar-refractivity contribution is -0.119. The minimum absolute atomic E-state index is 0. The molecule has 0 radical (unpaired) electrons. The topological polar surface area (TPSA) is 91.0 Å². The number of likely N-dealkylation sites (tertiary alicyclic amines) is 1. The first-order chi connectivity index (χ1) is 11.0. The van der Waals surface area contributed by atoms with Gasteiger partial charge in [0.25, 0.3) is 0 Å². The quantitative estimate of drug-likeness (QED) is 0.338. The summed E-state index contributed by atoms with van der Waals surface area (Å²) in [5.74, 6) is 0.943. The van der Waals surface area contributed by atoms with Crippen molar-refractivity contribution in [3.05, 3.63) is 0 Å². The van der Waals surface area contributed by atoms with Gasteiger partial charge in [-0.2, -0.15) is 0 Å². The van der Waals surface area contributed by atoms with Gasteiger partial charge in [0, 0.05) is 26.1 Å². The zero-order valence-corrected chi connectivity index (χ0v) is 17.1. The average molecular weight is 452 g/mol. The fraction of sp³-hybridized carbons (Fsp3) is 0.882. The molecule has 7 heteroatoms. The third kappa shape index (κ3) is 6.74. The number of rotatable bonds is 5. The molecule has 1 unspecified atom stereocenters. The standard InChI is InChI=1S/C17H32N4O2.HI/c1-2-19-16(20-13-17(23)8-4-3-5-9-17)21-10-6-7-14(12-21)11-15(18)22;/h14,23H,2-13H2,1H3,(H2,18,22)(H,19,20);1H. The normalized spacial score (nSPS) is 24.2. The molecule has 2 fully saturated rings. The van der Waals surface area contributed by atoms with Gasteiger partial charge in [-0.05, 0) is 38.5 Å². The molecule has 0 bridgehead atoms. The second-order valence-corrected chi connectivity index (χ2v) is 7.08. The van der Waals surface area contributed by atoms with Gasteiger partial charge in [0.15, 0.2) is 5.96 Å². The number of aliphatic hydroxyl groups is 1. The summed E-state index contributed by atoms with van der Waals surface area (Å²) >= 11 is 0. The van der Waals surface area contributed by atoms with Gasteiger partial charge in [-0.1, -0.05) is 19.3 Å². The number of nitrogens with one attached hydrogen (secondary N) is 1. The second kappa shape index (κ2) is 10.4. The van der Waals surface area contributed by atoms with Crippen molar-refractivity contribution in [2.75, 3.05) is 26.2 Å². The maximum absolute atomic E-state index is 11.2. The number of carbonyl (C=O) groups is 1. The zero-order chi connectivity index (χ0) is 16.7. The molecular formula is C17H33IN4O2. The second-order valence-electron chi connectivity index (χ2n) is 7.08. The Kier molecular flexibility index (Phi) is 9.33. The minimum Gasteiger partial charge on any atom is -0.388 e. The van der Waals surface area contributed by atoms with Crippen LogP contribution in [0.4, 0.5) is 0 Å². The van der Waals surface area contributed by atoms with E-state index in [-0.39, 0.29) is 29.9 Å². The summed E-state index contributed by atoms with van der Waals surface area (Å²) in [6.45, 7) is 5.07. The van der Waals surface area contributed by atoms with E-state index in [0.717, 1.165) is 64.1 Å². The van der Waals surface area contributed by atoms with Crippen LogP contribution < -0.4 is 11.1 Å². The molecule has 0 spiro atoms. The van der Waals surface area contributed by atoms with Gasteiger partial charge in [0.2, 0.25) is 5.91 Å². The molecule has 24 heavy (non-hydrogen) atoms. The molecule has 1 aliphatic heterocycles. The Bertz CT molecular complexity index is 425. The van der Waals surface area contributed by atoms with Gasteiger partial charge < -0.3 is 21.1 Å². The number of carbonyl (C=O) groups excluding carboxylic acids is 1. The highest BCUT2D eigenvalue weighted by atomic mass is 127. The molecule has 2 aliphatic rings. The fourth-order valence-corrected chi connectivity index (χ4v) is 3.72. The number of hydrogen-bond acceptors (Lipinski definition) is 3. The molecule has 1 heterocycles. The SMILES string of the molecule is CCNC(=NCC1(O)CCCCC1)N1CCCC(CC(N)=O)C1.I. The number of aliphatic imine (C=N–C) groups is 1. The van der Waals surface area contributed by atoms with Crippen LogP contribution in [0, 0.1) is 5.92 Å². The van der Waals surface area contributed by atoms with Crippen LogP contribution in [0.25, 0.3) is 0 Å². The minimum atomic E-state index is -0.638. The van der Waals surface area contributed by atoms with Gasteiger partial charge in [0.05, 0.1) is 12.1 Å². The van der Waals surface area contributed by atoms with Crippen LogP contribution in [-0.4, -0.2) is 53.7 Å². The average Bonchev–Trinajstić information content (AvgIpc) is 2.52. The van der Waals surface area contributed by atoms with Crippen molar-refractivity contribution in [1.29, 1.82) is 0 Å². The Morgan fingerprint density at radius 1 is 1.33 bits per heavy atom. The Morgan fingerprint density at radius 3 is 2.67 bits per heavy atom. The van der Waals surface area contributed by atoms with Crippen LogP contribution in [0.1, 0.15) is 58.3 Å². The van der Waals surface area contributed by atoms with Crippen molar-refractivity contribution in [3.8, 4) is 0 Å². The molecule has 140 valence electrons. The molecule has 2 rings (SSSR count). The van der Waals surface area contributed by atoms with E-state index in [1.165, 1.54) is 6.42 Å². The van der Waals surface area contributed by atoms with Gasteiger partial charge >= 0.3 is 0 Å². The van der Waals surface area contributed by atoms with Crippen molar-refractivity contribution in [2.45, 2.75) is 63.9 Å². The smallest absolute Gasteiger partial charge is 0.217 e. The number of nitrogens with zero attached hydrogens (tertiary/aromatic N) is 2. The number of piperidine rings is 1. The summed E-state index contributed by atoms with van der Waals surface area (Å²) < 4.78 is 0.